The first-order chi connectivity index (χ1) is 7.52. The zero-order chi connectivity index (χ0) is 12.1. The number of urea groups is 1. The van der Waals surface area contributed by atoms with Crippen LogP contribution in [0.4, 0.5) is 4.79 Å². The summed E-state index contributed by atoms with van der Waals surface area (Å²) in [5.41, 5.74) is 0. The summed E-state index contributed by atoms with van der Waals surface area (Å²) in [6.07, 6.45) is 4.40. The Morgan fingerprint density at radius 2 is 1.81 bits per heavy atom. The van der Waals surface area contributed by atoms with E-state index in [9.17, 15) is 9.59 Å². The number of aliphatic carboxylic acids is 1. The number of nitrogens with one attached hydrogen (secondary N) is 1. The van der Waals surface area contributed by atoms with Gasteiger partial charge in [-0.2, -0.15) is 0 Å². The third kappa shape index (κ3) is 3.40. The number of hydrogen-bond donors (Lipinski definition) is 2. The van der Waals surface area contributed by atoms with Gasteiger partial charge in [0.2, 0.25) is 0 Å². The van der Waals surface area contributed by atoms with Crippen molar-refractivity contribution < 1.29 is 14.7 Å². The van der Waals surface area contributed by atoms with E-state index in [1.807, 2.05) is 0 Å². The first-order valence-corrected chi connectivity index (χ1v) is 5.73. The Hall–Kier alpha value is -1.26. The lowest BCUT2D eigenvalue weighted by Crippen LogP contribution is -2.46. The maximum absolute atomic E-state index is 11.5. The van der Waals surface area contributed by atoms with Crippen LogP contribution in [0.2, 0.25) is 0 Å². The summed E-state index contributed by atoms with van der Waals surface area (Å²) in [4.78, 5) is 24.1. The van der Waals surface area contributed by atoms with Gasteiger partial charge >= 0.3 is 12.0 Å². The molecule has 0 heterocycles. The van der Waals surface area contributed by atoms with Crippen LogP contribution in [0.1, 0.15) is 32.1 Å². The van der Waals surface area contributed by atoms with Gasteiger partial charge in [0, 0.05) is 20.1 Å². The van der Waals surface area contributed by atoms with Gasteiger partial charge in [-0.05, 0) is 12.8 Å². The standard InChI is InChI=1S/C11H20N2O3/c1-13(2)11(16)12-9-7-5-3-4-6-8(9)10(14)15/h8-9H,3-7H2,1-2H3,(H,12,16)(H,14,15). The number of hydrogen-bond acceptors (Lipinski definition) is 2. The van der Waals surface area contributed by atoms with Crippen LogP contribution in [0.15, 0.2) is 0 Å². The molecule has 0 aliphatic heterocycles. The Labute approximate surface area is 95.8 Å². The molecule has 0 radical (unpaired) electrons. The van der Waals surface area contributed by atoms with Crippen LogP contribution in [0.25, 0.3) is 0 Å². The van der Waals surface area contributed by atoms with Crippen molar-refractivity contribution in [1.29, 1.82) is 0 Å². The van der Waals surface area contributed by atoms with E-state index in [-0.39, 0.29) is 12.1 Å². The largest absolute Gasteiger partial charge is 0.481 e. The predicted molar refractivity (Wildman–Crippen MR) is 60.2 cm³/mol. The van der Waals surface area contributed by atoms with E-state index >= 15 is 0 Å². The SMILES string of the molecule is CN(C)C(=O)NC1CCCCCC1C(=O)O. The van der Waals surface area contributed by atoms with E-state index < -0.39 is 11.9 Å². The fourth-order valence-electron chi connectivity index (χ4n) is 2.06. The number of carbonyl (C=O) groups is 2. The van der Waals surface area contributed by atoms with Gasteiger partial charge in [0.05, 0.1) is 5.92 Å². The topological polar surface area (TPSA) is 69.6 Å². The Morgan fingerprint density at radius 1 is 1.19 bits per heavy atom. The molecule has 2 atom stereocenters. The molecule has 16 heavy (non-hydrogen) atoms. The zero-order valence-corrected chi connectivity index (χ0v) is 9.90. The van der Waals surface area contributed by atoms with Crippen molar-refractivity contribution in [3.8, 4) is 0 Å². The summed E-state index contributed by atoms with van der Waals surface area (Å²) < 4.78 is 0. The molecule has 1 saturated carbocycles. The molecule has 92 valence electrons. The molecular weight excluding hydrogens is 208 g/mol. The van der Waals surface area contributed by atoms with Crippen molar-refractivity contribution in [1.82, 2.24) is 10.2 Å². The van der Waals surface area contributed by atoms with Crippen LogP contribution in [-0.2, 0) is 4.79 Å². The minimum absolute atomic E-state index is 0.210. The molecule has 0 spiro atoms. The predicted octanol–water partition coefficient (Wildman–Crippen LogP) is 1.29. The van der Waals surface area contributed by atoms with Gasteiger partial charge in [-0.3, -0.25) is 4.79 Å². The lowest BCUT2D eigenvalue weighted by Gasteiger charge is -2.24. The molecular formula is C11H20N2O3. The Bertz CT molecular complexity index is 266. The van der Waals surface area contributed by atoms with Crippen molar-refractivity contribution >= 4 is 12.0 Å². The van der Waals surface area contributed by atoms with Crippen LogP contribution in [0.3, 0.4) is 0 Å². The van der Waals surface area contributed by atoms with Crippen molar-refractivity contribution in [2.75, 3.05) is 14.1 Å². The van der Waals surface area contributed by atoms with Gasteiger partial charge in [-0.25, -0.2) is 4.79 Å². The van der Waals surface area contributed by atoms with E-state index in [1.54, 1.807) is 14.1 Å². The first-order valence-electron chi connectivity index (χ1n) is 5.73. The van der Waals surface area contributed by atoms with Crippen molar-refractivity contribution in [3.05, 3.63) is 0 Å². The number of amides is 2. The summed E-state index contributed by atoms with van der Waals surface area (Å²) in [7, 11) is 3.31. The summed E-state index contributed by atoms with van der Waals surface area (Å²) in [5, 5.41) is 11.9. The molecule has 5 nitrogen and oxygen atoms in total. The zero-order valence-electron chi connectivity index (χ0n) is 9.90. The van der Waals surface area contributed by atoms with Crippen LogP contribution in [0, 0.1) is 5.92 Å². The molecule has 0 saturated heterocycles. The van der Waals surface area contributed by atoms with E-state index in [1.165, 1.54) is 4.90 Å². The fraction of sp³-hybridized carbons (Fsp3) is 0.818. The van der Waals surface area contributed by atoms with E-state index in [4.69, 9.17) is 5.11 Å². The smallest absolute Gasteiger partial charge is 0.317 e. The van der Waals surface area contributed by atoms with Gasteiger partial charge in [-0.15, -0.1) is 0 Å². The van der Waals surface area contributed by atoms with Gasteiger partial charge in [0.25, 0.3) is 0 Å². The highest BCUT2D eigenvalue weighted by Gasteiger charge is 2.30. The van der Waals surface area contributed by atoms with E-state index in [0.29, 0.717) is 6.42 Å². The normalized spacial score (nSPS) is 25.6. The average molecular weight is 228 g/mol. The van der Waals surface area contributed by atoms with Gasteiger partial charge in [0.1, 0.15) is 0 Å². The van der Waals surface area contributed by atoms with Crippen molar-refractivity contribution in [2.24, 2.45) is 5.92 Å². The summed E-state index contributed by atoms with van der Waals surface area (Å²) in [6.45, 7) is 0. The van der Waals surface area contributed by atoms with Gasteiger partial charge in [0.15, 0.2) is 0 Å². The Morgan fingerprint density at radius 3 is 2.38 bits per heavy atom. The highest BCUT2D eigenvalue weighted by Crippen LogP contribution is 2.23. The number of carboxylic acid groups (broad SMARTS) is 1. The first kappa shape index (κ1) is 12.8. The average Bonchev–Trinajstić information content (AvgIpc) is 2.42. The van der Waals surface area contributed by atoms with E-state index in [0.717, 1.165) is 25.7 Å². The molecule has 0 bridgehead atoms. The lowest BCUT2D eigenvalue weighted by molar-refractivity contribution is -0.142. The maximum atomic E-state index is 11.5. The highest BCUT2D eigenvalue weighted by atomic mass is 16.4. The maximum Gasteiger partial charge on any atom is 0.317 e. The molecule has 1 aliphatic carbocycles. The molecule has 0 aromatic rings. The molecule has 0 aromatic carbocycles. The molecule has 1 rings (SSSR count). The molecule has 1 fully saturated rings. The number of rotatable bonds is 2. The minimum Gasteiger partial charge on any atom is -0.481 e. The number of carboxylic acids is 1. The number of nitrogens with zero attached hydrogens (tertiary/aromatic N) is 1. The molecule has 2 N–H and O–H groups in total. The monoisotopic (exact) mass is 228 g/mol. The Balaban J connectivity index is 2.64. The van der Waals surface area contributed by atoms with Crippen LogP contribution in [-0.4, -0.2) is 42.1 Å². The Kier molecular flexibility index (Phi) is 4.58. The molecule has 2 amide bonds. The highest BCUT2D eigenvalue weighted by molar-refractivity contribution is 5.76. The minimum atomic E-state index is -0.800. The second-order valence-corrected chi connectivity index (χ2v) is 4.53. The van der Waals surface area contributed by atoms with Crippen molar-refractivity contribution in [2.45, 2.75) is 38.1 Å². The second-order valence-electron chi connectivity index (χ2n) is 4.53. The lowest BCUT2D eigenvalue weighted by atomic mass is 9.95. The van der Waals surface area contributed by atoms with E-state index in [2.05, 4.69) is 5.32 Å². The molecule has 2 unspecified atom stereocenters. The molecule has 0 aromatic heterocycles. The third-order valence-corrected chi connectivity index (χ3v) is 3.05. The summed E-state index contributed by atoms with van der Waals surface area (Å²) in [5.74, 6) is -1.24. The van der Waals surface area contributed by atoms with Crippen LogP contribution in [0.5, 0.6) is 0 Å². The van der Waals surface area contributed by atoms with Crippen LogP contribution >= 0.6 is 0 Å². The quantitative estimate of drug-likeness (QED) is 0.700. The van der Waals surface area contributed by atoms with Crippen LogP contribution < -0.4 is 5.32 Å². The summed E-state index contributed by atoms with van der Waals surface area (Å²) in [6, 6.07) is -0.437. The fourth-order valence-corrected chi connectivity index (χ4v) is 2.06. The third-order valence-electron chi connectivity index (χ3n) is 3.05. The van der Waals surface area contributed by atoms with Crippen molar-refractivity contribution in [3.63, 3.8) is 0 Å². The summed E-state index contributed by atoms with van der Waals surface area (Å²) >= 11 is 0. The molecule has 1 aliphatic rings. The number of carbonyl (C=O) groups excluding carboxylic acids is 1. The second kappa shape index (κ2) is 5.72. The van der Waals surface area contributed by atoms with Gasteiger partial charge < -0.3 is 15.3 Å². The van der Waals surface area contributed by atoms with Gasteiger partial charge in [-0.1, -0.05) is 19.3 Å². The molecule has 5 heteroatoms.